The largest absolute Gasteiger partial charge is 0.379 e. The number of benzene rings is 1. The predicted octanol–water partition coefficient (Wildman–Crippen LogP) is 3.19. The lowest BCUT2D eigenvalue weighted by molar-refractivity contribution is 0.0707. The third-order valence-electron chi connectivity index (χ3n) is 6.11. The van der Waals surface area contributed by atoms with Gasteiger partial charge in [-0.25, -0.2) is 9.78 Å². The van der Waals surface area contributed by atoms with Gasteiger partial charge in [0.05, 0.1) is 24.3 Å². The van der Waals surface area contributed by atoms with Crippen molar-refractivity contribution in [3.63, 3.8) is 0 Å². The van der Waals surface area contributed by atoms with Crippen LogP contribution in [0.5, 0.6) is 0 Å². The van der Waals surface area contributed by atoms with Crippen molar-refractivity contribution in [1.82, 2.24) is 15.2 Å². The highest BCUT2D eigenvalue weighted by Gasteiger charge is 2.26. The molecule has 0 saturated carbocycles. The number of aryl methyl sites for hydroxylation is 1. The maximum atomic E-state index is 13.0. The zero-order valence-corrected chi connectivity index (χ0v) is 18.1. The van der Waals surface area contributed by atoms with Gasteiger partial charge in [-0.05, 0) is 61.4 Å². The number of pyridine rings is 1. The van der Waals surface area contributed by atoms with Gasteiger partial charge in [0.25, 0.3) is 5.91 Å². The number of piperidine rings is 1. The molecule has 3 heterocycles. The molecule has 2 saturated heterocycles. The Bertz CT molecular complexity index is 1020. The fourth-order valence-corrected chi connectivity index (χ4v) is 4.16. The number of carbonyl (C=O) groups is 2. The summed E-state index contributed by atoms with van der Waals surface area (Å²) in [4.78, 5) is 31.6. The number of nitrogens with one attached hydrogen (secondary N) is 2. The number of hydrogen-bond donors (Lipinski definition) is 2. The molecule has 2 aliphatic heterocycles. The second kappa shape index (κ2) is 9.79. The van der Waals surface area contributed by atoms with Gasteiger partial charge in [-0.2, -0.15) is 5.26 Å². The molecule has 1 atom stereocenters. The molecule has 2 N–H and O–H groups in total. The van der Waals surface area contributed by atoms with Crippen molar-refractivity contribution in [3.8, 4) is 6.07 Å². The fourth-order valence-electron chi connectivity index (χ4n) is 4.16. The Morgan fingerprint density at radius 2 is 1.88 bits per heavy atom. The number of nitriles is 1. The van der Waals surface area contributed by atoms with Crippen molar-refractivity contribution in [3.05, 3.63) is 58.8 Å². The van der Waals surface area contributed by atoms with E-state index >= 15 is 0 Å². The fraction of sp³-hybridized carbons (Fsp3) is 0.417. The van der Waals surface area contributed by atoms with E-state index in [-0.39, 0.29) is 18.0 Å². The molecule has 2 aliphatic rings. The first kappa shape index (κ1) is 21.8. The third-order valence-corrected chi connectivity index (χ3v) is 6.11. The van der Waals surface area contributed by atoms with E-state index in [1.807, 2.05) is 36.1 Å². The molecule has 3 amide bonds. The summed E-state index contributed by atoms with van der Waals surface area (Å²) in [6.45, 7) is 4.29. The van der Waals surface area contributed by atoms with Crippen LogP contribution in [-0.4, -0.2) is 54.2 Å². The summed E-state index contributed by atoms with van der Waals surface area (Å²) in [5, 5.41) is 14.6. The van der Waals surface area contributed by atoms with E-state index in [0.29, 0.717) is 49.3 Å². The number of hydrogen-bond acceptors (Lipinski definition) is 5. The lowest BCUT2D eigenvalue weighted by Crippen LogP contribution is -2.39. The molecule has 0 radical (unpaired) electrons. The number of ether oxygens (including phenoxy) is 1. The van der Waals surface area contributed by atoms with Gasteiger partial charge in [-0.1, -0.05) is 18.2 Å². The molecule has 4 rings (SSSR count). The Morgan fingerprint density at radius 1 is 1.12 bits per heavy atom. The smallest absolute Gasteiger partial charge is 0.320 e. The molecule has 2 aromatic rings. The molecule has 8 heteroatoms. The van der Waals surface area contributed by atoms with Crippen LogP contribution >= 0.6 is 0 Å². The van der Waals surface area contributed by atoms with Gasteiger partial charge in [0, 0.05) is 19.7 Å². The van der Waals surface area contributed by atoms with Crippen LogP contribution in [0.2, 0.25) is 0 Å². The predicted molar refractivity (Wildman–Crippen MR) is 119 cm³/mol. The highest BCUT2D eigenvalue weighted by molar-refractivity contribution is 5.94. The minimum atomic E-state index is -0.344. The van der Waals surface area contributed by atoms with Crippen LogP contribution in [0, 0.1) is 18.3 Å². The van der Waals surface area contributed by atoms with E-state index < -0.39 is 0 Å². The van der Waals surface area contributed by atoms with Crippen LogP contribution in [0.1, 0.15) is 52.4 Å². The molecule has 1 unspecified atom stereocenters. The van der Waals surface area contributed by atoms with E-state index in [1.54, 1.807) is 12.1 Å². The van der Waals surface area contributed by atoms with Crippen LogP contribution in [-0.2, 0) is 4.74 Å². The molecule has 1 aromatic carbocycles. The first-order chi connectivity index (χ1) is 15.5. The van der Waals surface area contributed by atoms with Gasteiger partial charge in [0.2, 0.25) is 0 Å². The monoisotopic (exact) mass is 433 g/mol. The Balaban J connectivity index is 1.36. The summed E-state index contributed by atoms with van der Waals surface area (Å²) >= 11 is 0. The Hall–Kier alpha value is -3.44. The van der Waals surface area contributed by atoms with Gasteiger partial charge in [-0.15, -0.1) is 0 Å². The SMILES string of the molecule is Cc1ccc(C(=O)N2CCC(c3ccc(C#N)cc3)CC2)nc1NC(=O)NC1CCOC1. The summed E-state index contributed by atoms with van der Waals surface area (Å²) in [5.41, 5.74) is 2.97. The average molecular weight is 434 g/mol. The maximum absolute atomic E-state index is 13.0. The summed E-state index contributed by atoms with van der Waals surface area (Å²) < 4.78 is 5.27. The van der Waals surface area contributed by atoms with Crippen LogP contribution < -0.4 is 10.6 Å². The molecule has 8 nitrogen and oxygen atoms in total. The second-order valence-electron chi connectivity index (χ2n) is 8.32. The Kier molecular flexibility index (Phi) is 6.66. The molecule has 0 spiro atoms. The third kappa shape index (κ3) is 5.06. The minimum absolute atomic E-state index is 0.00229. The van der Waals surface area contributed by atoms with E-state index in [0.717, 1.165) is 24.8 Å². The normalized spacial score (nSPS) is 18.8. The lowest BCUT2D eigenvalue weighted by Gasteiger charge is -2.32. The van der Waals surface area contributed by atoms with E-state index in [9.17, 15) is 9.59 Å². The quantitative estimate of drug-likeness (QED) is 0.770. The van der Waals surface area contributed by atoms with Gasteiger partial charge in [-0.3, -0.25) is 10.1 Å². The Labute approximate surface area is 187 Å². The summed E-state index contributed by atoms with van der Waals surface area (Å²) in [5.74, 6) is 0.633. The van der Waals surface area contributed by atoms with Crippen molar-refractivity contribution >= 4 is 17.8 Å². The van der Waals surface area contributed by atoms with Crippen LogP contribution in [0.4, 0.5) is 10.6 Å². The first-order valence-electron chi connectivity index (χ1n) is 11.0. The molecule has 2 fully saturated rings. The van der Waals surface area contributed by atoms with E-state index in [2.05, 4.69) is 21.7 Å². The van der Waals surface area contributed by atoms with Crippen molar-refractivity contribution in [1.29, 1.82) is 5.26 Å². The van der Waals surface area contributed by atoms with E-state index in [4.69, 9.17) is 10.00 Å². The summed E-state index contributed by atoms with van der Waals surface area (Å²) in [6, 6.07) is 13.0. The molecule has 32 heavy (non-hydrogen) atoms. The minimum Gasteiger partial charge on any atom is -0.379 e. The summed E-state index contributed by atoms with van der Waals surface area (Å²) in [6.07, 6.45) is 2.51. The zero-order chi connectivity index (χ0) is 22.5. The number of anilines is 1. The van der Waals surface area contributed by atoms with Crippen molar-refractivity contribution in [2.24, 2.45) is 0 Å². The highest BCUT2D eigenvalue weighted by Crippen LogP contribution is 2.29. The molecule has 0 bridgehead atoms. The molecule has 0 aliphatic carbocycles. The van der Waals surface area contributed by atoms with Crippen LogP contribution in [0.15, 0.2) is 36.4 Å². The standard InChI is InChI=1S/C24H27N5O3/c1-16-2-7-21(27-22(16)28-24(31)26-20-10-13-32-15-20)23(30)29-11-8-19(9-12-29)18-5-3-17(14-25)4-6-18/h2-7,19-20H,8-13,15H2,1H3,(H2,26,27,28,31). The van der Waals surface area contributed by atoms with Crippen molar-refractivity contribution in [2.75, 3.05) is 31.6 Å². The number of carbonyl (C=O) groups excluding carboxylic acids is 2. The number of rotatable bonds is 4. The van der Waals surface area contributed by atoms with E-state index in [1.165, 1.54) is 5.56 Å². The lowest BCUT2D eigenvalue weighted by atomic mass is 9.89. The molecular formula is C24H27N5O3. The molecular weight excluding hydrogens is 406 g/mol. The average Bonchev–Trinajstić information content (AvgIpc) is 3.33. The topological polar surface area (TPSA) is 107 Å². The Morgan fingerprint density at radius 3 is 2.53 bits per heavy atom. The van der Waals surface area contributed by atoms with Crippen LogP contribution in [0.25, 0.3) is 0 Å². The van der Waals surface area contributed by atoms with Gasteiger partial charge in [0.15, 0.2) is 0 Å². The molecule has 166 valence electrons. The van der Waals surface area contributed by atoms with Gasteiger partial charge >= 0.3 is 6.03 Å². The number of nitrogens with zero attached hydrogens (tertiary/aromatic N) is 3. The molecule has 1 aromatic heterocycles. The number of aromatic nitrogens is 1. The van der Waals surface area contributed by atoms with Crippen LogP contribution in [0.3, 0.4) is 0 Å². The maximum Gasteiger partial charge on any atom is 0.320 e. The van der Waals surface area contributed by atoms with Gasteiger partial charge in [0.1, 0.15) is 11.5 Å². The van der Waals surface area contributed by atoms with Crippen molar-refractivity contribution < 1.29 is 14.3 Å². The highest BCUT2D eigenvalue weighted by atomic mass is 16.5. The van der Waals surface area contributed by atoms with Gasteiger partial charge < -0.3 is 15.0 Å². The number of amides is 3. The second-order valence-corrected chi connectivity index (χ2v) is 8.32. The number of likely N-dealkylation sites (tertiary alicyclic amines) is 1. The zero-order valence-electron chi connectivity index (χ0n) is 18.1. The first-order valence-corrected chi connectivity index (χ1v) is 11.0. The number of urea groups is 1. The van der Waals surface area contributed by atoms with Crippen molar-refractivity contribution in [2.45, 2.75) is 38.1 Å². The summed E-state index contributed by atoms with van der Waals surface area (Å²) in [7, 11) is 0.